The third-order valence-corrected chi connectivity index (χ3v) is 12.5. The number of fused-ring (bicyclic) bond motifs is 8. The average Bonchev–Trinajstić information content (AvgIpc) is 3.40. The molecule has 1 aliphatic carbocycles. The van der Waals surface area contributed by atoms with Gasteiger partial charge in [0.2, 0.25) is 0 Å². The molecule has 0 atom stereocenters. The van der Waals surface area contributed by atoms with Crippen molar-refractivity contribution in [2.75, 3.05) is 0 Å². The summed E-state index contributed by atoms with van der Waals surface area (Å²) >= 11 is 0. The van der Waals surface area contributed by atoms with Crippen molar-refractivity contribution in [2.45, 2.75) is 45.4 Å². The van der Waals surface area contributed by atoms with E-state index in [2.05, 4.69) is 186 Å². The van der Waals surface area contributed by atoms with E-state index in [1.807, 2.05) is 0 Å². The second-order valence-electron chi connectivity index (χ2n) is 17.0. The Bertz CT molecular complexity index is 3150. The second-order valence-corrected chi connectivity index (χ2v) is 17.0. The van der Waals surface area contributed by atoms with Gasteiger partial charge in [-0.1, -0.05) is 168 Å². The Labute approximate surface area is 310 Å². The van der Waals surface area contributed by atoms with Gasteiger partial charge in [-0.3, -0.25) is 0 Å². The van der Waals surface area contributed by atoms with Crippen LogP contribution >= 0.6 is 0 Å². The smallest absolute Gasteiger partial charge is 0.0159 e. The van der Waals surface area contributed by atoms with E-state index in [4.69, 9.17) is 0 Å². The number of rotatable bonds is 2. The Morgan fingerprint density at radius 3 is 1.62 bits per heavy atom. The fourth-order valence-electron chi connectivity index (χ4n) is 9.59. The molecule has 0 radical (unpaired) electrons. The highest BCUT2D eigenvalue weighted by Gasteiger charge is 2.36. The molecule has 0 amide bonds. The van der Waals surface area contributed by atoms with Crippen molar-refractivity contribution in [2.24, 2.45) is 0 Å². The molecule has 0 saturated heterocycles. The van der Waals surface area contributed by atoms with Crippen molar-refractivity contribution in [1.82, 2.24) is 0 Å². The predicted octanol–water partition coefficient (Wildman–Crippen LogP) is 15.0. The molecule has 0 heterocycles. The van der Waals surface area contributed by atoms with Crippen molar-refractivity contribution in [3.8, 4) is 33.4 Å². The Balaban J connectivity index is 1.02. The molecule has 0 saturated carbocycles. The maximum Gasteiger partial charge on any atom is 0.0159 e. The maximum atomic E-state index is 2.48. The molecular weight excluding hydrogens is 637 g/mol. The molecule has 0 N–H and O–H groups in total. The summed E-state index contributed by atoms with van der Waals surface area (Å²) in [4.78, 5) is 0. The summed E-state index contributed by atoms with van der Waals surface area (Å²) in [5.74, 6) is 0. The highest BCUT2D eigenvalue weighted by atomic mass is 14.4. The summed E-state index contributed by atoms with van der Waals surface area (Å²) in [7, 11) is 0. The molecule has 0 spiro atoms. The molecule has 0 nitrogen and oxygen atoms in total. The molecule has 0 fully saturated rings. The standard InChI is InChI=1S/C53H40/c1-52(2,3)39-26-37-13-11-33-16-20-41(46-25-19-38(27-39)50(37)51(33)46)36-18-24-45-44-23-17-35(29-48(44)53(4,5)49(45)30-36)34-12-10-32-15-21-42-40-9-7-6-8-31(40)14-22-43(42)47(32)28-34/h6-30H,1-5H3. The number of hydrogen-bond acceptors (Lipinski definition) is 0. The molecule has 53 heavy (non-hydrogen) atoms. The summed E-state index contributed by atoms with van der Waals surface area (Å²) in [5, 5.41) is 15.9. The van der Waals surface area contributed by atoms with Crippen LogP contribution in [-0.4, -0.2) is 0 Å². The summed E-state index contributed by atoms with van der Waals surface area (Å²) in [6.07, 6.45) is 0. The molecule has 11 rings (SSSR count). The summed E-state index contributed by atoms with van der Waals surface area (Å²) < 4.78 is 0. The van der Waals surface area contributed by atoms with E-state index in [0.29, 0.717) is 0 Å². The zero-order chi connectivity index (χ0) is 35.8. The molecule has 0 heteroatoms. The number of hydrogen-bond donors (Lipinski definition) is 0. The lowest BCUT2D eigenvalue weighted by molar-refractivity contribution is 0.591. The quantitative estimate of drug-likeness (QED) is 0.160. The van der Waals surface area contributed by atoms with Gasteiger partial charge in [0.1, 0.15) is 0 Å². The highest BCUT2D eigenvalue weighted by Crippen LogP contribution is 2.51. The Morgan fingerprint density at radius 2 is 0.868 bits per heavy atom. The first-order valence-corrected chi connectivity index (χ1v) is 19.0. The van der Waals surface area contributed by atoms with Crippen LogP contribution < -0.4 is 0 Å². The lowest BCUT2D eigenvalue weighted by atomic mass is 9.80. The van der Waals surface area contributed by atoms with Gasteiger partial charge in [0.15, 0.2) is 0 Å². The van der Waals surface area contributed by atoms with Gasteiger partial charge in [0, 0.05) is 5.41 Å². The molecule has 0 bridgehead atoms. The fourth-order valence-corrected chi connectivity index (χ4v) is 9.59. The van der Waals surface area contributed by atoms with Gasteiger partial charge >= 0.3 is 0 Å². The lowest BCUT2D eigenvalue weighted by Gasteiger charge is -2.23. The van der Waals surface area contributed by atoms with Gasteiger partial charge in [0.05, 0.1) is 0 Å². The van der Waals surface area contributed by atoms with E-state index in [0.717, 1.165) is 0 Å². The highest BCUT2D eigenvalue weighted by molar-refractivity contribution is 6.25. The van der Waals surface area contributed by atoms with E-state index < -0.39 is 0 Å². The van der Waals surface area contributed by atoms with Crippen molar-refractivity contribution >= 4 is 64.6 Å². The number of benzene rings is 10. The van der Waals surface area contributed by atoms with Gasteiger partial charge < -0.3 is 0 Å². The van der Waals surface area contributed by atoms with E-state index in [1.165, 1.54) is 115 Å². The van der Waals surface area contributed by atoms with Gasteiger partial charge in [-0.25, -0.2) is 0 Å². The first-order chi connectivity index (χ1) is 25.6. The van der Waals surface area contributed by atoms with Crippen molar-refractivity contribution in [1.29, 1.82) is 0 Å². The minimum Gasteiger partial charge on any atom is -0.0616 e. The molecule has 0 unspecified atom stereocenters. The van der Waals surface area contributed by atoms with Gasteiger partial charge in [-0.15, -0.1) is 0 Å². The molecule has 10 aromatic rings. The minimum absolute atomic E-state index is 0.102. The molecule has 252 valence electrons. The second kappa shape index (κ2) is 10.6. The van der Waals surface area contributed by atoms with Gasteiger partial charge in [-0.2, -0.15) is 0 Å². The predicted molar refractivity (Wildman–Crippen MR) is 230 cm³/mol. The summed E-state index contributed by atoms with van der Waals surface area (Å²) in [5.41, 5.74) is 12.0. The lowest BCUT2D eigenvalue weighted by Crippen LogP contribution is -2.15. The van der Waals surface area contributed by atoms with Crippen molar-refractivity contribution < 1.29 is 0 Å². The third-order valence-electron chi connectivity index (χ3n) is 12.5. The SMILES string of the molecule is CC(C)(C)c1cc2ccc3ccc(-c4ccc5c(c4)C(C)(C)c4cc(-c6ccc7ccc8c9ccccc9ccc8c7c6)ccc4-5)c4ccc(c1)c2c34. The largest absolute Gasteiger partial charge is 0.0616 e. The van der Waals surface area contributed by atoms with E-state index >= 15 is 0 Å². The van der Waals surface area contributed by atoms with Crippen LogP contribution in [0.4, 0.5) is 0 Å². The first kappa shape index (κ1) is 30.6. The molecular formula is C53H40. The van der Waals surface area contributed by atoms with E-state index in [1.54, 1.807) is 0 Å². The normalized spacial score (nSPS) is 13.9. The van der Waals surface area contributed by atoms with Crippen LogP contribution in [0.5, 0.6) is 0 Å². The minimum atomic E-state index is -0.133. The van der Waals surface area contributed by atoms with Crippen molar-refractivity contribution in [3.05, 3.63) is 168 Å². The average molecular weight is 677 g/mol. The van der Waals surface area contributed by atoms with Crippen LogP contribution in [0.1, 0.15) is 51.3 Å². The Kier molecular flexibility index (Phi) is 6.10. The van der Waals surface area contributed by atoms with Crippen LogP contribution in [0, 0.1) is 0 Å². The molecule has 0 aromatic heterocycles. The molecule has 1 aliphatic rings. The van der Waals surface area contributed by atoms with Crippen LogP contribution in [0.15, 0.2) is 152 Å². The van der Waals surface area contributed by atoms with Crippen LogP contribution in [0.3, 0.4) is 0 Å². The monoisotopic (exact) mass is 676 g/mol. The van der Waals surface area contributed by atoms with Gasteiger partial charge in [-0.05, 0) is 138 Å². The Hall–Kier alpha value is -5.98. The fraction of sp³-hybridized carbons (Fsp3) is 0.132. The molecule has 0 aliphatic heterocycles. The van der Waals surface area contributed by atoms with E-state index in [9.17, 15) is 0 Å². The Morgan fingerprint density at radius 1 is 0.358 bits per heavy atom. The zero-order valence-corrected chi connectivity index (χ0v) is 30.9. The van der Waals surface area contributed by atoms with Crippen LogP contribution in [-0.2, 0) is 10.8 Å². The van der Waals surface area contributed by atoms with Crippen LogP contribution in [0.2, 0.25) is 0 Å². The van der Waals surface area contributed by atoms with Crippen molar-refractivity contribution in [3.63, 3.8) is 0 Å². The molecule has 10 aromatic carbocycles. The zero-order valence-electron chi connectivity index (χ0n) is 30.9. The van der Waals surface area contributed by atoms with Gasteiger partial charge in [0.25, 0.3) is 0 Å². The summed E-state index contributed by atoms with van der Waals surface area (Å²) in [6.45, 7) is 11.7. The first-order valence-electron chi connectivity index (χ1n) is 19.0. The third kappa shape index (κ3) is 4.36. The topological polar surface area (TPSA) is 0 Å². The summed E-state index contributed by atoms with van der Waals surface area (Å²) in [6, 6.07) is 57.9. The van der Waals surface area contributed by atoms with E-state index in [-0.39, 0.29) is 10.8 Å². The maximum absolute atomic E-state index is 2.48. The van der Waals surface area contributed by atoms with Crippen LogP contribution in [0.25, 0.3) is 98.0 Å².